The van der Waals surface area contributed by atoms with E-state index in [9.17, 15) is 19.5 Å². The number of carbonyl (C=O) groups excluding carboxylic acids is 3. The van der Waals surface area contributed by atoms with Gasteiger partial charge in [0, 0.05) is 30.0 Å². The van der Waals surface area contributed by atoms with Gasteiger partial charge in [0.05, 0.1) is 23.2 Å². The van der Waals surface area contributed by atoms with Crippen LogP contribution in [0.1, 0.15) is 80.1 Å². The molecule has 0 aliphatic carbocycles. The number of likely N-dealkylation sites (tertiary alicyclic amines) is 1. The number of ether oxygens (including phenoxy) is 1. The molecule has 2 unspecified atom stereocenters. The van der Waals surface area contributed by atoms with E-state index in [0.717, 1.165) is 19.3 Å². The van der Waals surface area contributed by atoms with Crippen molar-refractivity contribution in [2.24, 2.45) is 17.3 Å². The maximum atomic E-state index is 14.6. The van der Waals surface area contributed by atoms with Crippen molar-refractivity contribution >= 4 is 29.5 Å². The second-order valence-corrected chi connectivity index (χ2v) is 15.1. The Morgan fingerprint density at radius 1 is 1.18 bits per heavy atom. The van der Waals surface area contributed by atoms with E-state index in [-0.39, 0.29) is 36.4 Å². The van der Waals surface area contributed by atoms with E-state index in [1.165, 1.54) is 0 Å². The minimum Gasteiger partial charge on any atom is -0.465 e. The Morgan fingerprint density at radius 3 is 2.45 bits per heavy atom. The Labute approximate surface area is 233 Å². The average Bonchev–Trinajstić information content (AvgIpc) is 3.37. The van der Waals surface area contributed by atoms with Gasteiger partial charge in [-0.3, -0.25) is 14.4 Å². The molecule has 5 atom stereocenters. The van der Waals surface area contributed by atoms with Gasteiger partial charge in [0.1, 0.15) is 6.04 Å². The SMILES string of the molecule is C=CCCCOC(=O)[C@@H]1[C@H]2C(=O)N(CCCO)C(C(=O)N(CC=C)C(C)(C)CC(C)(C)C)C23CC[C@@]1(C)S3. The van der Waals surface area contributed by atoms with Crippen LogP contribution in [0.5, 0.6) is 0 Å². The number of hydrogen-bond acceptors (Lipinski definition) is 6. The van der Waals surface area contributed by atoms with Crippen LogP contribution in [0.4, 0.5) is 0 Å². The predicted molar refractivity (Wildman–Crippen MR) is 153 cm³/mol. The minimum atomic E-state index is -0.698. The summed E-state index contributed by atoms with van der Waals surface area (Å²) in [7, 11) is 0. The molecule has 0 radical (unpaired) electrons. The molecule has 7 nitrogen and oxygen atoms in total. The van der Waals surface area contributed by atoms with E-state index >= 15 is 0 Å². The Morgan fingerprint density at radius 2 is 1.87 bits per heavy atom. The molecule has 3 rings (SSSR count). The van der Waals surface area contributed by atoms with E-state index in [0.29, 0.717) is 32.4 Å². The van der Waals surface area contributed by atoms with Crippen LogP contribution in [0.2, 0.25) is 0 Å². The van der Waals surface area contributed by atoms with Gasteiger partial charge in [-0.15, -0.1) is 24.9 Å². The Bertz CT molecular complexity index is 943. The molecule has 2 bridgehead atoms. The number of thioether (sulfide) groups is 1. The van der Waals surface area contributed by atoms with Gasteiger partial charge in [-0.25, -0.2) is 0 Å². The molecule has 3 aliphatic rings. The summed E-state index contributed by atoms with van der Waals surface area (Å²) in [5.41, 5.74) is -0.487. The molecule has 1 spiro atoms. The van der Waals surface area contributed by atoms with Gasteiger partial charge >= 0.3 is 5.97 Å². The smallest absolute Gasteiger partial charge is 0.311 e. The van der Waals surface area contributed by atoms with E-state index in [1.807, 2.05) is 4.90 Å². The second-order valence-electron chi connectivity index (χ2n) is 13.2. The summed E-state index contributed by atoms with van der Waals surface area (Å²) >= 11 is 1.65. The van der Waals surface area contributed by atoms with Crippen LogP contribution in [0.3, 0.4) is 0 Å². The molecule has 1 N–H and O–H groups in total. The molecule has 0 aromatic rings. The Balaban J connectivity index is 2.02. The van der Waals surface area contributed by atoms with Crippen LogP contribution in [0.15, 0.2) is 25.3 Å². The Hall–Kier alpha value is -1.80. The first kappa shape index (κ1) is 30.7. The van der Waals surface area contributed by atoms with E-state index in [4.69, 9.17) is 4.74 Å². The number of rotatable bonds is 13. The normalized spacial score (nSPS) is 30.3. The van der Waals surface area contributed by atoms with Crippen molar-refractivity contribution in [3.63, 3.8) is 0 Å². The molecule has 3 aliphatic heterocycles. The average molecular weight is 549 g/mol. The van der Waals surface area contributed by atoms with E-state index in [1.54, 1.807) is 28.8 Å². The van der Waals surface area contributed by atoms with Gasteiger partial charge in [-0.1, -0.05) is 32.9 Å². The van der Waals surface area contributed by atoms with Gasteiger partial charge in [0.2, 0.25) is 11.8 Å². The molecule has 0 aromatic carbocycles. The summed E-state index contributed by atoms with van der Waals surface area (Å²) in [6.45, 7) is 21.2. The number of unbranched alkanes of at least 4 members (excludes halogenated alkanes) is 1. The van der Waals surface area contributed by atoms with Gasteiger partial charge in [-0.2, -0.15) is 0 Å². The first-order chi connectivity index (χ1) is 17.7. The van der Waals surface area contributed by atoms with Crippen molar-refractivity contribution < 1.29 is 24.2 Å². The number of carbonyl (C=O) groups is 3. The van der Waals surface area contributed by atoms with Crippen LogP contribution in [-0.2, 0) is 19.1 Å². The number of nitrogens with zero attached hydrogens (tertiary/aromatic N) is 2. The lowest BCUT2D eigenvalue weighted by atomic mass is 9.66. The highest BCUT2D eigenvalue weighted by atomic mass is 32.2. The van der Waals surface area contributed by atoms with Crippen LogP contribution >= 0.6 is 11.8 Å². The van der Waals surface area contributed by atoms with Gasteiger partial charge in [0.25, 0.3) is 0 Å². The van der Waals surface area contributed by atoms with Crippen molar-refractivity contribution in [2.45, 2.75) is 101 Å². The third kappa shape index (κ3) is 5.58. The van der Waals surface area contributed by atoms with Gasteiger partial charge < -0.3 is 19.6 Å². The molecule has 214 valence electrons. The third-order valence-corrected chi connectivity index (χ3v) is 10.4. The van der Waals surface area contributed by atoms with Gasteiger partial charge in [-0.05, 0) is 64.7 Å². The van der Waals surface area contributed by atoms with Crippen molar-refractivity contribution in [3.05, 3.63) is 25.3 Å². The first-order valence-corrected chi connectivity index (χ1v) is 14.8. The highest BCUT2D eigenvalue weighted by Gasteiger charge is 2.77. The molecule has 2 amide bonds. The zero-order valence-electron chi connectivity index (χ0n) is 24.3. The minimum absolute atomic E-state index is 0.0133. The van der Waals surface area contributed by atoms with Crippen LogP contribution in [0, 0.1) is 17.3 Å². The highest BCUT2D eigenvalue weighted by molar-refractivity contribution is 8.02. The standard InChI is InChI=1S/C30H48N2O5S/c1-9-11-12-19-37-26(36)22-21-24(34)31(17-13-18-33)23(30(21)15-14-29(22,8)38-30)25(35)32(16-10-2)28(6,7)20-27(3,4)5/h9-10,21-23,33H,1-2,11-20H2,3-8H3/t21-,22-,23?,29+,30?/m0/s1. The number of amides is 2. The molecule has 38 heavy (non-hydrogen) atoms. The molecule has 8 heteroatoms. The fourth-order valence-corrected chi connectivity index (χ4v) is 9.68. The summed E-state index contributed by atoms with van der Waals surface area (Å²) in [5, 5.41) is 9.61. The number of aliphatic hydroxyl groups excluding tert-OH is 1. The lowest BCUT2D eigenvalue weighted by Crippen LogP contribution is -2.60. The zero-order chi connectivity index (χ0) is 28.5. The number of fused-ring (bicyclic) bond motifs is 1. The number of hydrogen-bond donors (Lipinski definition) is 1. The van der Waals surface area contributed by atoms with Crippen LogP contribution in [-0.4, -0.2) is 80.1 Å². The fourth-order valence-electron chi connectivity index (χ4n) is 7.34. The summed E-state index contributed by atoms with van der Waals surface area (Å²) in [4.78, 5) is 45.7. The lowest BCUT2D eigenvalue weighted by molar-refractivity contribution is -0.155. The third-order valence-electron chi connectivity index (χ3n) is 8.39. The van der Waals surface area contributed by atoms with Crippen molar-refractivity contribution in [3.8, 4) is 0 Å². The van der Waals surface area contributed by atoms with Crippen molar-refractivity contribution in [2.75, 3.05) is 26.3 Å². The molecular formula is C30H48N2O5S. The predicted octanol–water partition coefficient (Wildman–Crippen LogP) is 4.59. The summed E-state index contributed by atoms with van der Waals surface area (Å²) < 4.78 is 4.54. The monoisotopic (exact) mass is 548 g/mol. The highest BCUT2D eigenvalue weighted by Crippen LogP contribution is 2.71. The van der Waals surface area contributed by atoms with Crippen LogP contribution in [0.25, 0.3) is 0 Å². The number of aliphatic hydroxyl groups is 1. The maximum Gasteiger partial charge on any atom is 0.311 e. The number of allylic oxidation sites excluding steroid dienone is 1. The van der Waals surface area contributed by atoms with Gasteiger partial charge in [0.15, 0.2) is 0 Å². The molecule has 0 saturated carbocycles. The lowest BCUT2D eigenvalue weighted by Gasteiger charge is -2.46. The Kier molecular flexibility index (Phi) is 9.19. The van der Waals surface area contributed by atoms with Crippen LogP contribution < -0.4 is 0 Å². The summed E-state index contributed by atoms with van der Waals surface area (Å²) in [6.07, 6.45) is 7.59. The zero-order valence-corrected chi connectivity index (χ0v) is 25.1. The quantitative estimate of drug-likeness (QED) is 0.206. The molecule has 3 saturated heterocycles. The van der Waals surface area contributed by atoms with E-state index in [2.05, 4.69) is 54.7 Å². The first-order valence-electron chi connectivity index (χ1n) is 14.0. The maximum absolute atomic E-state index is 14.6. The topological polar surface area (TPSA) is 87.1 Å². The number of esters is 1. The largest absolute Gasteiger partial charge is 0.465 e. The molecule has 0 aromatic heterocycles. The van der Waals surface area contributed by atoms with Crippen molar-refractivity contribution in [1.82, 2.24) is 9.80 Å². The molecule has 3 heterocycles. The molecular weight excluding hydrogens is 500 g/mol. The second kappa shape index (κ2) is 11.4. The summed E-state index contributed by atoms with van der Waals surface area (Å²) in [6, 6.07) is -0.698. The summed E-state index contributed by atoms with van der Waals surface area (Å²) in [5.74, 6) is -1.79. The fraction of sp³-hybridized carbons (Fsp3) is 0.767. The molecule has 3 fully saturated rings. The van der Waals surface area contributed by atoms with Crippen molar-refractivity contribution in [1.29, 1.82) is 0 Å². The van der Waals surface area contributed by atoms with E-state index < -0.39 is 32.9 Å².